The SMILES string of the molecule is N#CC1(C(=O)NCc2ccccc2F)CCOCC1. The van der Waals surface area contributed by atoms with Gasteiger partial charge in [-0.25, -0.2) is 4.39 Å². The minimum Gasteiger partial charge on any atom is -0.381 e. The number of ether oxygens (including phenoxy) is 1. The number of nitrogens with zero attached hydrogens (tertiary/aromatic N) is 1. The Morgan fingerprint density at radius 2 is 2.11 bits per heavy atom. The lowest BCUT2D eigenvalue weighted by molar-refractivity contribution is -0.132. The Hall–Kier alpha value is -1.93. The van der Waals surface area contributed by atoms with Crippen LogP contribution in [0.3, 0.4) is 0 Å². The molecule has 0 unspecified atom stereocenters. The largest absolute Gasteiger partial charge is 0.381 e. The van der Waals surface area contributed by atoms with Crippen LogP contribution < -0.4 is 5.32 Å². The average molecular weight is 262 g/mol. The topological polar surface area (TPSA) is 62.1 Å². The standard InChI is InChI=1S/C14H15FN2O2/c15-12-4-2-1-3-11(12)9-17-13(18)14(10-16)5-7-19-8-6-14/h1-4H,5-9H2,(H,17,18). The fourth-order valence-corrected chi connectivity index (χ4v) is 2.10. The number of amides is 1. The van der Waals surface area contributed by atoms with Gasteiger partial charge in [0.25, 0.3) is 0 Å². The summed E-state index contributed by atoms with van der Waals surface area (Å²) in [6.45, 7) is 0.900. The summed E-state index contributed by atoms with van der Waals surface area (Å²) in [5.41, 5.74) is -0.625. The lowest BCUT2D eigenvalue weighted by Gasteiger charge is -2.29. The van der Waals surface area contributed by atoms with Crippen LogP contribution in [0.4, 0.5) is 4.39 Å². The monoisotopic (exact) mass is 262 g/mol. The lowest BCUT2D eigenvalue weighted by atomic mass is 9.81. The average Bonchev–Trinajstić information content (AvgIpc) is 2.46. The van der Waals surface area contributed by atoms with E-state index in [1.54, 1.807) is 18.2 Å². The minimum absolute atomic E-state index is 0.0930. The lowest BCUT2D eigenvalue weighted by Crippen LogP contribution is -2.43. The third kappa shape index (κ3) is 2.91. The van der Waals surface area contributed by atoms with Crippen molar-refractivity contribution in [2.24, 2.45) is 5.41 Å². The molecule has 1 saturated heterocycles. The summed E-state index contributed by atoms with van der Waals surface area (Å²) < 4.78 is 18.6. The quantitative estimate of drug-likeness (QED) is 0.902. The molecule has 1 aromatic carbocycles. The van der Waals surface area contributed by atoms with Crippen molar-refractivity contribution < 1.29 is 13.9 Å². The highest BCUT2D eigenvalue weighted by Crippen LogP contribution is 2.29. The molecule has 19 heavy (non-hydrogen) atoms. The zero-order chi connectivity index (χ0) is 13.7. The van der Waals surface area contributed by atoms with Crippen LogP contribution in [0.1, 0.15) is 18.4 Å². The van der Waals surface area contributed by atoms with Crippen LogP contribution in [0.2, 0.25) is 0 Å². The van der Waals surface area contributed by atoms with Gasteiger partial charge in [0.05, 0.1) is 6.07 Å². The number of halogens is 1. The third-order valence-corrected chi connectivity index (χ3v) is 3.39. The number of benzene rings is 1. The number of nitriles is 1. The highest BCUT2D eigenvalue weighted by atomic mass is 19.1. The van der Waals surface area contributed by atoms with E-state index < -0.39 is 5.41 Å². The van der Waals surface area contributed by atoms with Crippen molar-refractivity contribution in [1.29, 1.82) is 5.26 Å². The Morgan fingerprint density at radius 1 is 1.42 bits per heavy atom. The van der Waals surface area contributed by atoms with Gasteiger partial charge in [0.2, 0.25) is 5.91 Å². The molecule has 100 valence electrons. The van der Waals surface area contributed by atoms with Gasteiger partial charge in [0.1, 0.15) is 11.2 Å². The van der Waals surface area contributed by atoms with E-state index in [2.05, 4.69) is 11.4 Å². The highest BCUT2D eigenvalue weighted by molar-refractivity contribution is 5.85. The maximum absolute atomic E-state index is 13.4. The summed E-state index contributed by atoms with van der Waals surface area (Å²) in [5.74, 6) is -0.706. The van der Waals surface area contributed by atoms with Crippen molar-refractivity contribution in [2.75, 3.05) is 13.2 Å². The summed E-state index contributed by atoms with van der Waals surface area (Å²) in [6.07, 6.45) is 0.763. The van der Waals surface area contributed by atoms with Crippen molar-refractivity contribution in [3.05, 3.63) is 35.6 Å². The Morgan fingerprint density at radius 3 is 2.74 bits per heavy atom. The third-order valence-electron chi connectivity index (χ3n) is 3.39. The fourth-order valence-electron chi connectivity index (χ4n) is 2.10. The molecule has 2 rings (SSSR count). The van der Waals surface area contributed by atoms with Crippen LogP contribution in [0.25, 0.3) is 0 Å². The summed E-state index contributed by atoms with van der Waals surface area (Å²) in [5, 5.41) is 11.9. The van der Waals surface area contributed by atoms with Crippen LogP contribution in [0.15, 0.2) is 24.3 Å². The van der Waals surface area contributed by atoms with E-state index in [4.69, 9.17) is 4.74 Å². The van der Waals surface area contributed by atoms with Gasteiger partial charge >= 0.3 is 0 Å². The van der Waals surface area contributed by atoms with Crippen molar-refractivity contribution in [3.8, 4) is 6.07 Å². The van der Waals surface area contributed by atoms with Crippen molar-refractivity contribution >= 4 is 5.91 Å². The van der Waals surface area contributed by atoms with Gasteiger partial charge in [-0.3, -0.25) is 4.79 Å². The van der Waals surface area contributed by atoms with Crippen molar-refractivity contribution in [3.63, 3.8) is 0 Å². The summed E-state index contributed by atoms with van der Waals surface area (Å²) in [4.78, 5) is 12.1. The van der Waals surface area contributed by atoms with E-state index in [9.17, 15) is 14.4 Å². The second kappa shape index (κ2) is 5.81. The smallest absolute Gasteiger partial charge is 0.240 e. The van der Waals surface area contributed by atoms with Gasteiger partial charge in [-0.1, -0.05) is 18.2 Å². The molecule has 1 amide bonds. The first-order valence-corrected chi connectivity index (χ1v) is 6.19. The predicted molar refractivity (Wildman–Crippen MR) is 66.3 cm³/mol. The van der Waals surface area contributed by atoms with Gasteiger partial charge < -0.3 is 10.1 Å². The molecule has 0 spiro atoms. The van der Waals surface area contributed by atoms with Crippen LogP contribution in [-0.2, 0) is 16.1 Å². The van der Waals surface area contributed by atoms with Crippen LogP contribution in [-0.4, -0.2) is 19.1 Å². The van der Waals surface area contributed by atoms with Gasteiger partial charge in [-0.2, -0.15) is 5.26 Å². The van der Waals surface area contributed by atoms with E-state index in [0.717, 1.165) is 0 Å². The molecule has 0 bridgehead atoms. The molecule has 0 radical (unpaired) electrons. The molecule has 1 fully saturated rings. The van der Waals surface area contributed by atoms with E-state index >= 15 is 0 Å². The molecule has 5 heteroatoms. The fraction of sp³-hybridized carbons (Fsp3) is 0.429. The molecule has 0 atom stereocenters. The molecule has 0 aliphatic carbocycles. The van der Waals surface area contributed by atoms with Crippen LogP contribution >= 0.6 is 0 Å². The summed E-state index contributed by atoms with van der Waals surface area (Å²) in [6, 6.07) is 8.34. The second-order valence-corrected chi connectivity index (χ2v) is 4.58. The summed E-state index contributed by atoms with van der Waals surface area (Å²) >= 11 is 0. The highest BCUT2D eigenvalue weighted by Gasteiger charge is 2.40. The van der Waals surface area contributed by atoms with Gasteiger partial charge in [-0.05, 0) is 18.9 Å². The number of hydrogen-bond donors (Lipinski definition) is 1. The molecule has 0 saturated carbocycles. The Balaban J connectivity index is 2.01. The Bertz CT molecular complexity index is 504. The van der Waals surface area contributed by atoms with Gasteiger partial charge in [0, 0.05) is 25.3 Å². The predicted octanol–water partition coefficient (Wildman–Crippen LogP) is 1.76. The molecular weight excluding hydrogens is 247 g/mol. The normalized spacial score (nSPS) is 17.5. The van der Waals surface area contributed by atoms with Gasteiger partial charge in [0.15, 0.2) is 0 Å². The van der Waals surface area contributed by atoms with E-state index in [1.807, 2.05) is 0 Å². The summed E-state index contributed by atoms with van der Waals surface area (Å²) in [7, 11) is 0. The van der Waals surface area contributed by atoms with E-state index in [1.165, 1.54) is 6.07 Å². The molecule has 1 N–H and O–H groups in total. The molecule has 0 aromatic heterocycles. The second-order valence-electron chi connectivity index (χ2n) is 4.58. The molecular formula is C14H15FN2O2. The minimum atomic E-state index is -1.04. The first kappa shape index (κ1) is 13.5. The Kier molecular flexibility index (Phi) is 4.13. The van der Waals surface area contributed by atoms with Crippen LogP contribution in [0, 0.1) is 22.6 Å². The molecule has 1 aliphatic heterocycles. The molecule has 4 nitrogen and oxygen atoms in total. The van der Waals surface area contributed by atoms with E-state index in [0.29, 0.717) is 31.6 Å². The number of hydrogen-bond acceptors (Lipinski definition) is 3. The zero-order valence-electron chi connectivity index (χ0n) is 10.5. The molecule has 1 aromatic rings. The first-order chi connectivity index (χ1) is 9.18. The number of nitrogens with one attached hydrogen (secondary N) is 1. The van der Waals surface area contributed by atoms with Crippen LogP contribution in [0.5, 0.6) is 0 Å². The van der Waals surface area contributed by atoms with E-state index in [-0.39, 0.29) is 18.3 Å². The molecule has 1 aliphatic rings. The van der Waals surface area contributed by atoms with Gasteiger partial charge in [-0.15, -0.1) is 0 Å². The first-order valence-electron chi connectivity index (χ1n) is 6.19. The Labute approximate surface area is 111 Å². The zero-order valence-corrected chi connectivity index (χ0v) is 10.5. The molecule has 1 heterocycles. The van der Waals surface area contributed by atoms with Crippen molar-refractivity contribution in [1.82, 2.24) is 5.32 Å². The van der Waals surface area contributed by atoms with Crippen molar-refractivity contribution in [2.45, 2.75) is 19.4 Å². The maximum atomic E-state index is 13.4. The maximum Gasteiger partial charge on any atom is 0.240 e. The number of carbonyl (C=O) groups excluding carboxylic acids is 1. The number of carbonyl (C=O) groups is 1. The number of rotatable bonds is 3.